The maximum Gasteiger partial charge on any atom is 0.222 e. The van der Waals surface area contributed by atoms with Crippen molar-refractivity contribution in [2.75, 3.05) is 0 Å². The van der Waals surface area contributed by atoms with Crippen molar-refractivity contribution in [3.8, 4) is 17.9 Å². The lowest BCUT2D eigenvalue weighted by molar-refractivity contribution is 0.506. The minimum absolute atomic E-state index is 0.00227. The zero-order valence-corrected chi connectivity index (χ0v) is 14.8. The van der Waals surface area contributed by atoms with E-state index in [1.54, 1.807) is 54.6 Å². The molecule has 0 spiro atoms. The van der Waals surface area contributed by atoms with Crippen LogP contribution in [0.5, 0.6) is 5.75 Å². The monoisotopic (exact) mass is 430 g/mol. The summed E-state index contributed by atoms with van der Waals surface area (Å²) >= 11 is 6.57. The van der Waals surface area contributed by atoms with E-state index in [4.69, 9.17) is 15.3 Å². The highest BCUT2D eigenvalue weighted by molar-refractivity contribution is 9.11. The summed E-state index contributed by atoms with van der Waals surface area (Å²) < 4.78 is 6.76. The number of allylic oxidation sites excluding steroid dienone is 1. The van der Waals surface area contributed by atoms with Gasteiger partial charge in [-0.3, -0.25) is 4.79 Å². The fourth-order valence-corrected chi connectivity index (χ4v) is 2.95. The van der Waals surface area contributed by atoms with Crippen LogP contribution in [0, 0.1) is 22.7 Å². The van der Waals surface area contributed by atoms with Gasteiger partial charge in [0, 0.05) is 10.0 Å². The zero-order valence-electron chi connectivity index (χ0n) is 11.6. The smallest absolute Gasteiger partial charge is 0.222 e. The van der Waals surface area contributed by atoms with E-state index in [0.29, 0.717) is 14.5 Å². The number of nitrogens with zero attached hydrogens (tertiary/aromatic N) is 2. The molecule has 23 heavy (non-hydrogen) atoms. The second-order valence-electron chi connectivity index (χ2n) is 4.30. The summed E-state index contributed by atoms with van der Waals surface area (Å²) in [4.78, 5) is 12.2. The molecule has 0 aliphatic carbocycles. The third-order valence-corrected chi connectivity index (χ3v) is 3.87. The third-order valence-electron chi connectivity index (χ3n) is 2.79. The van der Waals surface area contributed by atoms with E-state index >= 15 is 0 Å². The molecule has 0 aromatic heterocycles. The van der Waals surface area contributed by atoms with Crippen LogP contribution in [0.25, 0.3) is 5.76 Å². The van der Waals surface area contributed by atoms with Crippen LogP contribution < -0.4 is 10.2 Å². The Balaban J connectivity index is 2.66. The zero-order chi connectivity index (χ0) is 16.8. The maximum atomic E-state index is 12.2. The van der Waals surface area contributed by atoms with Crippen LogP contribution in [-0.4, -0.2) is 0 Å². The number of benzene rings is 1. The molecule has 4 nitrogen and oxygen atoms in total. The molecule has 0 amide bonds. The molecule has 0 unspecified atom stereocenters. The number of nitriles is 2. The molecule has 0 fully saturated rings. The van der Waals surface area contributed by atoms with Gasteiger partial charge in [-0.05, 0) is 34.1 Å². The van der Waals surface area contributed by atoms with Gasteiger partial charge in [-0.15, -0.1) is 0 Å². The van der Waals surface area contributed by atoms with Gasteiger partial charge >= 0.3 is 0 Å². The summed E-state index contributed by atoms with van der Waals surface area (Å²) in [5.41, 5.74) is -0.0678. The van der Waals surface area contributed by atoms with Crippen LogP contribution in [-0.2, 0) is 0 Å². The average Bonchev–Trinajstić information content (AvgIpc) is 2.68. The van der Waals surface area contributed by atoms with E-state index in [2.05, 4.69) is 31.9 Å². The van der Waals surface area contributed by atoms with E-state index in [9.17, 15) is 4.79 Å². The van der Waals surface area contributed by atoms with Gasteiger partial charge in [0.1, 0.15) is 12.1 Å². The minimum Gasteiger partial charge on any atom is -0.449 e. The van der Waals surface area contributed by atoms with Crippen LogP contribution in [0.1, 0.15) is 5.56 Å². The molecule has 0 heterocycles. The summed E-state index contributed by atoms with van der Waals surface area (Å²) in [6.45, 7) is 0. The first-order chi connectivity index (χ1) is 11.1. The van der Waals surface area contributed by atoms with Crippen molar-refractivity contribution in [1.82, 2.24) is 0 Å². The molecule has 112 valence electrons. The summed E-state index contributed by atoms with van der Waals surface area (Å²) in [5, 5.41) is 18.3. The Labute approximate surface area is 149 Å². The van der Waals surface area contributed by atoms with Crippen molar-refractivity contribution in [1.29, 1.82) is 10.5 Å². The average molecular weight is 432 g/mol. The number of hydrogen-bond donors (Lipinski definition) is 0. The highest BCUT2D eigenvalue weighted by atomic mass is 79.9. The molecule has 0 saturated heterocycles. The van der Waals surface area contributed by atoms with Gasteiger partial charge in [0.25, 0.3) is 0 Å². The molecule has 0 N–H and O–H groups in total. The van der Waals surface area contributed by atoms with Gasteiger partial charge in [-0.1, -0.05) is 46.3 Å². The SMILES string of the molecule is N#CC(C#N)=C(Oc1c(Br)cc(Br)ccc1=O)c1ccccc1. The summed E-state index contributed by atoms with van der Waals surface area (Å²) in [7, 11) is 0. The predicted octanol–water partition coefficient (Wildman–Crippen LogP) is 4.41. The number of ether oxygens (including phenoxy) is 1. The Bertz CT molecular complexity index is 894. The highest BCUT2D eigenvalue weighted by Crippen LogP contribution is 2.28. The van der Waals surface area contributed by atoms with E-state index in [1.165, 1.54) is 6.07 Å². The molecule has 2 aromatic rings. The van der Waals surface area contributed by atoms with Crippen molar-refractivity contribution >= 4 is 37.6 Å². The lowest BCUT2D eigenvalue weighted by atomic mass is 10.1. The van der Waals surface area contributed by atoms with Crippen LogP contribution in [0.4, 0.5) is 0 Å². The lowest BCUT2D eigenvalue weighted by Gasteiger charge is -2.10. The molecular weight excluding hydrogens is 424 g/mol. The first-order valence-electron chi connectivity index (χ1n) is 6.34. The van der Waals surface area contributed by atoms with Gasteiger partial charge in [0.05, 0.1) is 4.47 Å². The largest absolute Gasteiger partial charge is 0.449 e. The van der Waals surface area contributed by atoms with E-state index < -0.39 is 0 Å². The maximum absolute atomic E-state index is 12.2. The number of hydrogen-bond acceptors (Lipinski definition) is 4. The first kappa shape index (κ1) is 17.0. The van der Waals surface area contributed by atoms with Gasteiger partial charge < -0.3 is 4.74 Å². The van der Waals surface area contributed by atoms with Crippen molar-refractivity contribution in [3.63, 3.8) is 0 Å². The second-order valence-corrected chi connectivity index (χ2v) is 6.07. The molecule has 2 rings (SSSR count). The molecule has 0 aliphatic heterocycles. The Hall–Kier alpha value is -2.41. The minimum atomic E-state index is -0.383. The molecule has 0 aliphatic rings. The molecule has 0 radical (unpaired) electrons. The standard InChI is InChI=1S/C17H8Br2N2O2/c18-13-6-7-15(22)17(14(19)8-13)23-16(12(9-20)10-21)11-4-2-1-3-5-11/h1-8H. The summed E-state index contributed by atoms with van der Waals surface area (Å²) in [6, 6.07) is 16.9. The number of rotatable bonds is 3. The van der Waals surface area contributed by atoms with E-state index in [1.807, 2.05) is 0 Å². The highest BCUT2D eigenvalue weighted by Gasteiger charge is 2.15. The van der Waals surface area contributed by atoms with Crippen LogP contribution in [0.2, 0.25) is 0 Å². The normalized spacial score (nSPS) is 9.39. The molecule has 0 bridgehead atoms. The Morgan fingerprint density at radius 2 is 1.65 bits per heavy atom. The van der Waals surface area contributed by atoms with Gasteiger partial charge in [0.2, 0.25) is 5.43 Å². The fourth-order valence-electron chi connectivity index (χ4n) is 1.75. The van der Waals surface area contributed by atoms with Gasteiger partial charge in [-0.2, -0.15) is 10.5 Å². The van der Waals surface area contributed by atoms with Crippen LogP contribution >= 0.6 is 31.9 Å². The van der Waals surface area contributed by atoms with Crippen molar-refractivity contribution in [2.45, 2.75) is 0 Å². The molecule has 2 aromatic carbocycles. The van der Waals surface area contributed by atoms with Crippen LogP contribution in [0.15, 0.2) is 67.8 Å². The Morgan fingerprint density at radius 1 is 1.00 bits per heavy atom. The quantitative estimate of drug-likeness (QED) is 0.532. The first-order valence-corrected chi connectivity index (χ1v) is 7.92. The molecule has 0 saturated carbocycles. The van der Waals surface area contributed by atoms with Crippen molar-refractivity contribution < 1.29 is 4.74 Å². The Kier molecular flexibility index (Phi) is 5.70. The van der Waals surface area contributed by atoms with E-state index in [0.717, 1.165) is 0 Å². The third kappa shape index (κ3) is 4.07. The lowest BCUT2D eigenvalue weighted by Crippen LogP contribution is -2.06. The molecular formula is C17H8Br2N2O2. The predicted molar refractivity (Wildman–Crippen MR) is 93.3 cm³/mol. The van der Waals surface area contributed by atoms with Gasteiger partial charge in [0.15, 0.2) is 17.1 Å². The van der Waals surface area contributed by atoms with Crippen molar-refractivity contribution in [3.05, 3.63) is 78.8 Å². The topological polar surface area (TPSA) is 73.9 Å². The second kappa shape index (κ2) is 7.73. The molecule has 6 heteroatoms. The Morgan fingerprint density at radius 3 is 2.26 bits per heavy atom. The van der Waals surface area contributed by atoms with Crippen LogP contribution in [0.3, 0.4) is 0 Å². The summed E-state index contributed by atoms with van der Waals surface area (Å²) in [5.74, 6) is 0.0354. The molecule has 0 atom stereocenters. The van der Waals surface area contributed by atoms with E-state index in [-0.39, 0.29) is 22.5 Å². The fraction of sp³-hybridized carbons (Fsp3) is 0. The van der Waals surface area contributed by atoms with Crippen molar-refractivity contribution in [2.24, 2.45) is 0 Å². The number of halogens is 2. The summed E-state index contributed by atoms with van der Waals surface area (Å²) in [6.07, 6.45) is 0. The van der Waals surface area contributed by atoms with Gasteiger partial charge in [-0.25, -0.2) is 0 Å².